The number of carbonyl (C=O) groups excluding carboxylic acids is 2. The molecule has 0 saturated carbocycles. The second kappa shape index (κ2) is 9.35. The van der Waals surface area contributed by atoms with Crippen molar-refractivity contribution in [2.45, 2.75) is 52.7 Å². The Bertz CT molecular complexity index is 960. The van der Waals surface area contributed by atoms with Gasteiger partial charge in [0.15, 0.2) is 0 Å². The fourth-order valence-electron chi connectivity index (χ4n) is 2.72. The Labute approximate surface area is 174 Å². The highest BCUT2D eigenvalue weighted by Crippen LogP contribution is 2.28. The summed E-state index contributed by atoms with van der Waals surface area (Å²) in [4.78, 5) is 36.6. The second-order valence-corrected chi connectivity index (χ2v) is 8.70. The fraction of sp³-hybridized carbons (Fsp3) is 0.476. The highest BCUT2D eigenvalue weighted by Gasteiger charge is 2.26. The van der Waals surface area contributed by atoms with Gasteiger partial charge in [0.05, 0.1) is 0 Å². The number of hydrogen-bond acceptors (Lipinski definition) is 7. The molecule has 8 heteroatoms. The van der Waals surface area contributed by atoms with E-state index in [-0.39, 0.29) is 5.75 Å². The standard InChI is InChI=1S/C21H27NO6S/c1-12-11-17(23)27-18-13(2)16(8-7-14(12)18)26-19(24)15(9-10-29-6)22-20(25)28-21(3,4)5/h7-8,11,15H,9-10H2,1-6H3,(H,22,25). The molecule has 1 aromatic heterocycles. The lowest BCUT2D eigenvalue weighted by Gasteiger charge is -2.23. The first-order chi connectivity index (χ1) is 13.5. The molecule has 158 valence electrons. The molecule has 0 aliphatic carbocycles. The highest BCUT2D eigenvalue weighted by atomic mass is 32.2. The van der Waals surface area contributed by atoms with Gasteiger partial charge < -0.3 is 19.2 Å². The third kappa shape index (κ3) is 6.25. The second-order valence-electron chi connectivity index (χ2n) is 7.72. The molecule has 1 unspecified atom stereocenters. The number of hydrogen-bond donors (Lipinski definition) is 1. The van der Waals surface area contributed by atoms with E-state index in [1.165, 1.54) is 6.07 Å². The van der Waals surface area contributed by atoms with Gasteiger partial charge in [-0.25, -0.2) is 14.4 Å². The van der Waals surface area contributed by atoms with Crippen LogP contribution in [0.2, 0.25) is 0 Å². The predicted octanol–water partition coefficient (Wildman–Crippen LogP) is 3.96. The van der Waals surface area contributed by atoms with Crippen LogP contribution < -0.4 is 15.7 Å². The summed E-state index contributed by atoms with van der Waals surface area (Å²) >= 11 is 1.55. The van der Waals surface area contributed by atoms with Crippen LogP contribution in [-0.2, 0) is 9.53 Å². The maximum atomic E-state index is 12.7. The minimum atomic E-state index is -0.864. The molecule has 0 aliphatic rings. The number of alkyl carbamates (subject to hydrolysis) is 1. The van der Waals surface area contributed by atoms with E-state index in [1.54, 1.807) is 51.6 Å². The van der Waals surface area contributed by atoms with Gasteiger partial charge in [0.2, 0.25) is 0 Å². The first-order valence-electron chi connectivity index (χ1n) is 9.26. The fourth-order valence-corrected chi connectivity index (χ4v) is 3.20. The number of thioether (sulfide) groups is 1. The molecule has 0 aliphatic heterocycles. The lowest BCUT2D eigenvalue weighted by atomic mass is 10.1. The van der Waals surface area contributed by atoms with Crippen LogP contribution in [0.5, 0.6) is 5.75 Å². The van der Waals surface area contributed by atoms with Crippen LogP contribution in [0, 0.1) is 13.8 Å². The van der Waals surface area contributed by atoms with Crippen LogP contribution in [0.3, 0.4) is 0 Å². The van der Waals surface area contributed by atoms with Crippen LogP contribution in [-0.4, -0.2) is 35.7 Å². The Kier molecular flexibility index (Phi) is 7.35. The summed E-state index contributed by atoms with van der Waals surface area (Å²) in [5.74, 6) is 0.319. The molecule has 0 radical (unpaired) electrons. The number of ether oxygens (including phenoxy) is 2. The summed E-state index contributed by atoms with van der Waals surface area (Å²) < 4.78 is 16.1. The zero-order chi connectivity index (χ0) is 21.8. The SMILES string of the molecule is CSCCC(NC(=O)OC(C)(C)C)C(=O)Oc1ccc2c(C)cc(=O)oc2c1C. The summed E-state index contributed by atoms with van der Waals surface area (Å²) in [5.41, 5.74) is 0.550. The van der Waals surface area contributed by atoms with Crippen molar-refractivity contribution >= 4 is 34.8 Å². The lowest BCUT2D eigenvalue weighted by Crippen LogP contribution is -2.45. The maximum Gasteiger partial charge on any atom is 0.408 e. The van der Waals surface area contributed by atoms with Crippen molar-refractivity contribution in [2.75, 3.05) is 12.0 Å². The monoisotopic (exact) mass is 421 g/mol. The van der Waals surface area contributed by atoms with Gasteiger partial charge in [-0.2, -0.15) is 11.8 Å². The van der Waals surface area contributed by atoms with Gasteiger partial charge in [-0.1, -0.05) is 0 Å². The van der Waals surface area contributed by atoms with Gasteiger partial charge in [-0.15, -0.1) is 0 Å². The number of nitrogens with one attached hydrogen (secondary N) is 1. The van der Waals surface area contributed by atoms with Crippen molar-refractivity contribution < 1.29 is 23.5 Å². The van der Waals surface area contributed by atoms with E-state index in [2.05, 4.69) is 5.32 Å². The topological polar surface area (TPSA) is 94.8 Å². The zero-order valence-corrected chi connectivity index (χ0v) is 18.4. The number of fused-ring (bicyclic) bond motifs is 1. The van der Waals surface area contributed by atoms with E-state index in [0.29, 0.717) is 23.3 Å². The number of esters is 1. The predicted molar refractivity (Wildman–Crippen MR) is 114 cm³/mol. The minimum Gasteiger partial charge on any atom is -0.444 e. The van der Waals surface area contributed by atoms with Crippen LogP contribution in [0.15, 0.2) is 27.4 Å². The third-order valence-corrected chi connectivity index (χ3v) is 4.76. The van der Waals surface area contributed by atoms with Gasteiger partial charge in [0, 0.05) is 17.0 Å². The van der Waals surface area contributed by atoms with E-state index < -0.39 is 29.3 Å². The molecular formula is C21H27NO6S. The average Bonchev–Trinajstić information content (AvgIpc) is 2.59. The number of amides is 1. The van der Waals surface area contributed by atoms with Crippen molar-refractivity contribution in [1.82, 2.24) is 5.32 Å². The van der Waals surface area contributed by atoms with Crippen molar-refractivity contribution in [2.24, 2.45) is 0 Å². The Hall–Kier alpha value is -2.48. The molecule has 0 saturated heterocycles. The summed E-state index contributed by atoms with van der Waals surface area (Å²) in [5, 5.41) is 3.35. The average molecular weight is 422 g/mol. The van der Waals surface area contributed by atoms with E-state index in [9.17, 15) is 14.4 Å². The van der Waals surface area contributed by atoms with E-state index in [0.717, 1.165) is 10.9 Å². The zero-order valence-electron chi connectivity index (χ0n) is 17.6. The first-order valence-corrected chi connectivity index (χ1v) is 10.7. The summed E-state index contributed by atoms with van der Waals surface area (Å²) in [7, 11) is 0. The summed E-state index contributed by atoms with van der Waals surface area (Å²) in [6, 6.07) is 3.94. The van der Waals surface area contributed by atoms with Crippen LogP contribution in [0.4, 0.5) is 4.79 Å². The van der Waals surface area contributed by atoms with Crippen LogP contribution in [0.25, 0.3) is 11.0 Å². The number of aryl methyl sites for hydroxylation is 2. The van der Waals surface area contributed by atoms with Gasteiger partial charge >= 0.3 is 17.7 Å². The molecule has 7 nitrogen and oxygen atoms in total. The van der Waals surface area contributed by atoms with Crippen LogP contribution >= 0.6 is 11.8 Å². The van der Waals surface area contributed by atoms with Crippen molar-refractivity contribution in [3.05, 3.63) is 39.7 Å². The quantitative estimate of drug-likeness (QED) is 0.428. The molecule has 1 heterocycles. The third-order valence-electron chi connectivity index (χ3n) is 4.11. The van der Waals surface area contributed by atoms with Gasteiger partial charge in [0.25, 0.3) is 0 Å². The number of carbonyl (C=O) groups is 2. The van der Waals surface area contributed by atoms with E-state index in [4.69, 9.17) is 13.9 Å². The number of rotatable bonds is 6. The van der Waals surface area contributed by atoms with E-state index in [1.807, 2.05) is 13.2 Å². The van der Waals surface area contributed by atoms with Crippen molar-refractivity contribution in [3.8, 4) is 5.75 Å². The molecule has 29 heavy (non-hydrogen) atoms. The van der Waals surface area contributed by atoms with Gasteiger partial charge in [0.1, 0.15) is 23.0 Å². The Morgan fingerprint density at radius 1 is 1.24 bits per heavy atom. The molecule has 1 atom stereocenters. The lowest BCUT2D eigenvalue weighted by molar-refractivity contribution is -0.136. The van der Waals surface area contributed by atoms with E-state index >= 15 is 0 Å². The van der Waals surface area contributed by atoms with Crippen molar-refractivity contribution in [3.63, 3.8) is 0 Å². The van der Waals surface area contributed by atoms with Crippen molar-refractivity contribution in [1.29, 1.82) is 0 Å². The molecule has 1 amide bonds. The van der Waals surface area contributed by atoms with Gasteiger partial charge in [-0.3, -0.25) is 0 Å². The normalized spacial score (nSPS) is 12.5. The number of benzene rings is 1. The molecule has 2 rings (SSSR count). The summed E-state index contributed by atoms with van der Waals surface area (Å²) in [6.07, 6.45) is 1.62. The molecule has 2 aromatic rings. The smallest absolute Gasteiger partial charge is 0.408 e. The molecular weight excluding hydrogens is 394 g/mol. The summed E-state index contributed by atoms with van der Waals surface area (Å²) in [6.45, 7) is 8.76. The maximum absolute atomic E-state index is 12.7. The highest BCUT2D eigenvalue weighted by molar-refractivity contribution is 7.98. The molecule has 0 fully saturated rings. The largest absolute Gasteiger partial charge is 0.444 e. The van der Waals surface area contributed by atoms with Gasteiger partial charge in [-0.05, 0) is 70.7 Å². The Morgan fingerprint density at radius 2 is 1.93 bits per heavy atom. The molecule has 0 spiro atoms. The minimum absolute atomic E-state index is 0.274. The molecule has 1 N–H and O–H groups in total. The Morgan fingerprint density at radius 3 is 2.55 bits per heavy atom. The van der Waals surface area contributed by atoms with Crippen LogP contribution in [0.1, 0.15) is 38.3 Å². The first kappa shape index (κ1) is 22.8. The Balaban J connectivity index is 2.25. The molecule has 0 bridgehead atoms. The molecule has 1 aromatic carbocycles.